The zero-order valence-electron chi connectivity index (χ0n) is 10.1. The number of imide groups is 1. The summed E-state index contributed by atoms with van der Waals surface area (Å²) in [7, 11) is 1.73. The fraction of sp³-hybridized carbons (Fsp3) is 0.700. The van der Waals surface area contributed by atoms with Crippen LogP contribution in [-0.2, 0) is 14.3 Å². The molecule has 7 heteroatoms. The van der Waals surface area contributed by atoms with Gasteiger partial charge in [0.05, 0.1) is 19.7 Å². The van der Waals surface area contributed by atoms with Gasteiger partial charge in [0.25, 0.3) is 0 Å². The summed E-state index contributed by atoms with van der Waals surface area (Å²) in [5.41, 5.74) is 0. The number of hydrogen-bond donors (Lipinski definition) is 1. The number of esters is 1. The van der Waals surface area contributed by atoms with Gasteiger partial charge in [-0.15, -0.1) is 0 Å². The van der Waals surface area contributed by atoms with Gasteiger partial charge >= 0.3 is 12.0 Å². The molecule has 1 rings (SSSR count). The van der Waals surface area contributed by atoms with E-state index in [1.807, 2.05) is 0 Å². The van der Waals surface area contributed by atoms with Gasteiger partial charge in [0, 0.05) is 13.1 Å². The van der Waals surface area contributed by atoms with Crippen molar-refractivity contribution in [3.05, 3.63) is 0 Å². The highest BCUT2D eigenvalue weighted by Crippen LogP contribution is 1.99. The Morgan fingerprint density at radius 1 is 1.53 bits per heavy atom. The van der Waals surface area contributed by atoms with Gasteiger partial charge in [-0.2, -0.15) is 0 Å². The van der Waals surface area contributed by atoms with Crippen molar-refractivity contribution in [2.45, 2.75) is 6.92 Å². The van der Waals surface area contributed by atoms with Gasteiger partial charge in [-0.3, -0.25) is 19.4 Å². The van der Waals surface area contributed by atoms with E-state index in [4.69, 9.17) is 4.74 Å². The Morgan fingerprint density at radius 3 is 2.76 bits per heavy atom. The molecule has 1 fully saturated rings. The molecule has 3 amide bonds. The highest BCUT2D eigenvalue weighted by Gasteiger charge is 2.28. The number of ether oxygens (including phenoxy) is 1. The first kappa shape index (κ1) is 13.4. The zero-order valence-corrected chi connectivity index (χ0v) is 10.1. The van der Waals surface area contributed by atoms with Crippen LogP contribution in [0.15, 0.2) is 0 Å². The Labute approximate surface area is 99.7 Å². The molecule has 0 spiro atoms. The summed E-state index contributed by atoms with van der Waals surface area (Å²) in [5.74, 6) is -0.549. The summed E-state index contributed by atoms with van der Waals surface area (Å²) < 4.78 is 4.79. The lowest BCUT2D eigenvalue weighted by atomic mass is 10.4. The van der Waals surface area contributed by atoms with Gasteiger partial charge in [0.15, 0.2) is 0 Å². The van der Waals surface area contributed by atoms with E-state index in [0.717, 1.165) is 4.90 Å². The monoisotopic (exact) mass is 243 g/mol. The molecule has 1 aliphatic rings. The van der Waals surface area contributed by atoms with Crippen molar-refractivity contribution in [1.29, 1.82) is 0 Å². The summed E-state index contributed by atoms with van der Waals surface area (Å²) >= 11 is 0. The van der Waals surface area contributed by atoms with Crippen LogP contribution in [0.4, 0.5) is 4.79 Å². The van der Waals surface area contributed by atoms with Crippen LogP contribution in [0.1, 0.15) is 6.92 Å². The van der Waals surface area contributed by atoms with E-state index in [2.05, 4.69) is 5.32 Å². The Hall–Kier alpha value is -1.63. The number of nitrogens with zero attached hydrogens (tertiary/aromatic N) is 2. The van der Waals surface area contributed by atoms with Crippen molar-refractivity contribution >= 4 is 17.9 Å². The molecular formula is C10H17N3O4. The van der Waals surface area contributed by atoms with Crippen LogP contribution in [0.3, 0.4) is 0 Å². The predicted molar refractivity (Wildman–Crippen MR) is 59.2 cm³/mol. The summed E-state index contributed by atoms with van der Waals surface area (Å²) in [5, 5.41) is 2.43. The van der Waals surface area contributed by atoms with Crippen LogP contribution in [0.2, 0.25) is 0 Å². The van der Waals surface area contributed by atoms with E-state index in [0.29, 0.717) is 13.2 Å². The molecule has 0 unspecified atom stereocenters. The van der Waals surface area contributed by atoms with Crippen molar-refractivity contribution in [2.24, 2.45) is 0 Å². The second-order valence-electron chi connectivity index (χ2n) is 3.75. The Balaban J connectivity index is 2.28. The Bertz CT molecular complexity index is 303. The number of hydrogen-bond acceptors (Lipinski definition) is 5. The van der Waals surface area contributed by atoms with Gasteiger partial charge in [-0.1, -0.05) is 0 Å². The molecule has 1 heterocycles. The minimum absolute atomic E-state index is 0.0560. The third-order valence-corrected chi connectivity index (χ3v) is 2.35. The predicted octanol–water partition coefficient (Wildman–Crippen LogP) is -0.967. The second-order valence-corrected chi connectivity index (χ2v) is 3.75. The molecule has 1 aliphatic heterocycles. The minimum Gasteiger partial charge on any atom is -0.465 e. The van der Waals surface area contributed by atoms with Crippen LogP contribution in [0.5, 0.6) is 0 Å². The van der Waals surface area contributed by atoms with Gasteiger partial charge < -0.3 is 10.1 Å². The maximum absolute atomic E-state index is 11.3. The van der Waals surface area contributed by atoms with Crippen LogP contribution >= 0.6 is 0 Å². The SMILES string of the molecule is CCOC(=O)CN(C)CCN1C(=O)CNC1=O. The molecule has 0 aromatic carbocycles. The quantitative estimate of drug-likeness (QED) is 0.480. The average molecular weight is 243 g/mol. The molecule has 0 bridgehead atoms. The smallest absolute Gasteiger partial charge is 0.324 e. The molecule has 1 N–H and O–H groups in total. The first-order valence-electron chi connectivity index (χ1n) is 5.47. The van der Waals surface area contributed by atoms with Crippen LogP contribution < -0.4 is 5.32 Å². The lowest BCUT2D eigenvalue weighted by Gasteiger charge is -2.18. The van der Waals surface area contributed by atoms with E-state index in [1.165, 1.54) is 0 Å². The first-order chi connectivity index (χ1) is 8.04. The van der Waals surface area contributed by atoms with E-state index >= 15 is 0 Å². The van der Waals surface area contributed by atoms with Gasteiger partial charge in [-0.05, 0) is 14.0 Å². The van der Waals surface area contributed by atoms with Crippen LogP contribution in [0.25, 0.3) is 0 Å². The number of urea groups is 1. The maximum Gasteiger partial charge on any atom is 0.324 e. The van der Waals surface area contributed by atoms with Crippen molar-refractivity contribution in [3.8, 4) is 0 Å². The average Bonchev–Trinajstić information content (AvgIpc) is 2.56. The fourth-order valence-corrected chi connectivity index (χ4v) is 1.46. The molecule has 0 atom stereocenters. The number of rotatable bonds is 6. The number of carbonyl (C=O) groups excluding carboxylic acids is 3. The molecule has 0 aliphatic carbocycles. The number of amides is 3. The lowest BCUT2D eigenvalue weighted by molar-refractivity contribution is -0.144. The standard InChI is InChI=1S/C10H17N3O4/c1-3-17-9(15)7-12(2)4-5-13-8(14)6-11-10(13)16/h3-7H2,1-2H3,(H,11,16). The van der Waals surface area contributed by atoms with Crippen molar-refractivity contribution in [2.75, 3.05) is 39.8 Å². The third-order valence-electron chi connectivity index (χ3n) is 2.35. The molecule has 0 aromatic heterocycles. The highest BCUT2D eigenvalue weighted by atomic mass is 16.5. The zero-order chi connectivity index (χ0) is 12.8. The van der Waals surface area contributed by atoms with Gasteiger partial charge in [0.1, 0.15) is 0 Å². The van der Waals surface area contributed by atoms with Crippen molar-refractivity contribution in [1.82, 2.24) is 15.1 Å². The number of likely N-dealkylation sites (N-methyl/N-ethyl adjacent to an activating group) is 1. The summed E-state index contributed by atoms with van der Waals surface area (Å²) in [6.45, 7) is 3.02. The minimum atomic E-state index is -0.375. The molecule has 96 valence electrons. The fourth-order valence-electron chi connectivity index (χ4n) is 1.46. The molecule has 17 heavy (non-hydrogen) atoms. The first-order valence-corrected chi connectivity index (χ1v) is 5.47. The summed E-state index contributed by atoms with van der Waals surface area (Å²) in [6, 6.07) is -0.375. The van der Waals surface area contributed by atoms with Gasteiger partial charge in [0.2, 0.25) is 5.91 Å². The van der Waals surface area contributed by atoms with Crippen LogP contribution in [0, 0.1) is 0 Å². The summed E-state index contributed by atoms with van der Waals surface area (Å²) in [6.07, 6.45) is 0. The molecule has 1 saturated heterocycles. The topological polar surface area (TPSA) is 79.0 Å². The summed E-state index contributed by atoms with van der Waals surface area (Å²) in [4.78, 5) is 36.5. The Morgan fingerprint density at radius 2 is 2.24 bits per heavy atom. The van der Waals surface area contributed by atoms with Crippen molar-refractivity contribution in [3.63, 3.8) is 0 Å². The molecule has 0 radical (unpaired) electrons. The van der Waals surface area contributed by atoms with Crippen LogP contribution in [-0.4, -0.2) is 67.5 Å². The van der Waals surface area contributed by atoms with E-state index in [-0.39, 0.29) is 37.5 Å². The van der Waals surface area contributed by atoms with E-state index in [1.54, 1.807) is 18.9 Å². The molecule has 7 nitrogen and oxygen atoms in total. The van der Waals surface area contributed by atoms with E-state index in [9.17, 15) is 14.4 Å². The third kappa shape index (κ3) is 4.03. The number of carbonyl (C=O) groups is 3. The Kier molecular flexibility index (Phi) is 4.89. The van der Waals surface area contributed by atoms with Crippen molar-refractivity contribution < 1.29 is 19.1 Å². The normalized spacial score (nSPS) is 15.4. The molecule has 0 aromatic rings. The number of nitrogens with one attached hydrogen (secondary N) is 1. The highest BCUT2D eigenvalue weighted by molar-refractivity contribution is 6.01. The lowest BCUT2D eigenvalue weighted by Crippen LogP contribution is -2.39. The maximum atomic E-state index is 11.3. The van der Waals surface area contributed by atoms with Gasteiger partial charge in [-0.25, -0.2) is 4.79 Å². The largest absolute Gasteiger partial charge is 0.465 e. The second kappa shape index (κ2) is 6.19. The van der Waals surface area contributed by atoms with E-state index < -0.39 is 0 Å². The molecule has 0 saturated carbocycles. The molecular weight excluding hydrogens is 226 g/mol.